The molecule has 1 heterocycles. The predicted octanol–water partition coefficient (Wildman–Crippen LogP) is 2.35. The lowest BCUT2D eigenvalue weighted by atomic mass is 9.96. The van der Waals surface area contributed by atoms with Crippen molar-refractivity contribution in [3.63, 3.8) is 0 Å². The molecule has 1 fully saturated rings. The van der Waals surface area contributed by atoms with Crippen molar-refractivity contribution in [1.29, 1.82) is 0 Å². The first-order chi connectivity index (χ1) is 6.40. The Morgan fingerprint density at radius 1 is 1.38 bits per heavy atom. The van der Waals surface area contributed by atoms with Crippen LogP contribution in [0.15, 0.2) is 6.33 Å². The van der Waals surface area contributed by atoms with Gasteiger partial charge in [0.15, 0.2) is 0 Å². The van der Waals surface area contributed by atoms with Crippen LogP contribution in [0.5, 0.6) is 0 Å². The summed E-state index contributed by atoms with van der Waals surface area (Å²) in [5.41, 5.74) is 0. The Labute approximate surface area is 79.2 Å². The molecule has 13 heavy (non-hydrogen) atoms. The minimum Gasteiger partial charge on any atom is -0.250 e. The van der Waals surface area contributed by atoms with E-state index in [1.807, 2.05) is 6.33 Å². The van der Waals surface area contributed by atoms with Gasteiger partial charge in [-0.15, -0.1) is 0 Å². The second kappa shape index (κ2) is 3.90. The largest absolute Gasteiger partial charge is 0.250 e. The first-order valence-electron chi connectivity index (χ1n) is 5.30. The third-order valence-electron chi connectivity index (χ3n) is 2.82. The number of rotatable bonds is 2. The summed E-state index contributed by atoms with van der Waals surface area (Å²) >= 11 is 0. The quantitative estimate of drug-likeness (QED) is 0.697. The first kappa shape index (κ1) is 8.73. The lowest BCUT2D eigenvalue weighted by molar-refractivity contribution is 0.328. The van der Waals surface area contributed by atoms with Gasteiger partial charge in [0, 0.05) is 6.42 Å². The van der Waals surface area contributed by atoms with Crippen LogP contribution in [0, 0.1) is 0 Å². The Kier molecular flexibility index (Phi) is 2.62. The van der Waals surface area contributed by atoms with E-state index in [0.29, 0.717) is 6.04 Å². The van der Waals surface area contributed by atoms with Gasteiger partial charge in [-0.05, 0) is 12.8 Å². The van der Waals surface area contributed by atoms with E-state index >= 15 is 0 Å². The lowest BCUT2D eigenvalue weighted by Gasteiger charge is -2.21. The van der Waals surface area contributed by atoms with Crippen LogP contribution in [-0.4, -0.2) is 14.8 Å². The minimum absolute atomic E-state index is 0.626. The third-order valence-corrected chi connectivity index (χ3v) is 2.82. The number of nitrogens with zero attached hydrogens (tertiary/aromatic N) is 3. The Balaban J connectivity index is 2.05. The molecule has 0 amide bonds. The second-order valence-corrected chi connectivity index (χ2v) is 3.79. The molecule has 1 aromatic heterocycles. The average Bonchev–Trinajstić information content (AvgIpc) is 2.67. The van der Waals surface area contributed by atoms with Crippen molar-refractivity contribution in [1.82, 2.24) is 14.8 Å². The van der Waals surface area contributed by atoms with Gasteiger partial charge in [-0.1, -0.05) is 26.2 Å². The molecule has 0 aromatic carbocycles. The summed E-state index contributed by atoms with van der Waals surface area (Å²) in [7, 11) is 0. The van der Waals surface area contributed by atoms with E-state index in [1.54, 1.807) is 0 Å². The van der Waals surface area contributed by atoms with Gasteiger partial charge in [-0.3, -0.25) is 0 Å². The molecule has 0 spiro atoms. The summed E-state index contributed by atoms with van der Waals surface area (Å²) in [6.45, 7) is 2.10. The zero-order valence-electron chi connectivity index (χ0n) is 8.24. The zero-order chi connectivity index (χ0) is 9.10. The monoisotopic (exact) mass is 179 g/mol. The number of hydrogen-bond acceptors (Lipinski definition) is 2. The van der Waals surface area contributed by atoms with Crippen molar-refractivity contribution in [2.24, 2.45) is 0 Å². The van der Waals surface area contributed by atoms with Gasteiger partial charge in [0.2, 0.25) is 0 Å². The van der Waals surface area contributed by atoms with E-state index in [9.17, 15) is 0 Å². The maximum absolute atomic E-state index is 4.46. The third kappa shape index (κ3) is 1.90. The molecule has 1 aliphatic carbocycles. The van der Waals surface area contributed by atoms with Crippen LogP contribution in [0.1, 0.15) is 50.9 Å². The van der Waals surface area contributed by atoms with Crippen LogP contribution in [0.2, 0.25) is 0 Å². The summed E-state index contributed by atoms with van der Waals surface area (Å²) in [6, 6.07) is 0.626. The van der Waals surface area contributed by atoms with Crippen molar-refractivity contribution in [3.05, 3.63) is 12.2 Å². The first-order valence-corrected chi connectivity index (χ1v) is 5.30. The summed E-state index contributed by atoms with van der Waals surface area (Å²) in [4.78, 5) is 4.26. The second-order valence-electron chi connectivity index (χ2n) is 3.79. The van der Waals surface area contributed by atoms with Crippen LogP contribution < -0.4 is 0 Å². The smallest absolute Gasteiger partial charge is 0.150 e. The van der Waals surface area contributed by atoms with Crippen molar-refractivity contribution in [2.75, 3.05) is 0 Å². The maximum atomic E-state index is 4.46. The number of aromatic nitrogens is 3. The van der Waals surface area contributed by atoms with Crippen LogP contribution in [0.25, 0.3) is 0 Å². The molecule has 0 radical (unpaired) electrons. The highest BCUT2D eigenvalue weighted by Crippen LogP contribution is 2.26. The molecule has 0 N–H and O–H groups in total. The molecule has 2 rings (SSSR count). The molecule has 0 saturated heterocycles. The van der Waals surface area contributed by atoms with Crippen molar-refractivity contribution >= 4 is 0 Å². The normalized spacial score (nSPS) is 19.2. The molecule has 72 valence electrons. The van der Waals surface area contributed by atoms with Gasteiger partial charge in [0.25, 0.3) is 0 Å². The highest BCUT2D eigenvalue weighted by Gasteiger charge is 2.15. The Hall–Kier alpha value is -0.860. The Morgan fingerprint density at radius 3 is 2.77 bits per heavy atom. The van der Waals surface area contributed by atoms with Gasteiger partial charge in [0.05, 0.1) is 6.04 Å². The molecule has 1 saturated carbocycles. The van der Waals surface area contributed by atoms with Crippen LogP contribution in [-0.2, 0) is 6.42 Å². The topological polar surface area (TPSA) is 30.7 Å². The van der Waals surface area contributed by atoms with Gasteiger partial charge in [0.1, 0.15) is 12.2 Å². The van der Waals surface area contributed by atoms with E-state index in [0.717, 1.165) is 12.2 Å². The fraction of sp³-hybridized carbons (Fsp3) is 0.800. The predicted molar refractivity (Wildman–Crippen MR) is 51.5 cm³/mol. The molecular formula is C10H17N3. The SMILES string of the molecule is CCc1ncn(C2CCCCC2)n1. The summed E-state index contributed by atoms with van der Waals surface area (Å²) < 4.78 is 2.07. The fourth-order valence-corrected chi connectivity index (χ4v) is 1.99. The van der Waals surface area contributed by atoms with E-state index in [4.69, 9.17) is 0 Å². The minimum atomic E-state index is 0.626. The standard InChI is InChI=1S/C10H17N3/c1-2-10-11-8-13(12-10)9-6-4-3-5-7-9/h8-9H,2-7H2,1H3. The Bertz CT molecular complexity index is 261. The van der Waals surface area contributed by atoms with Gasteiger partial charge in [-0.2, -0.15) is 5.10 Å². The molecule has 0 unspecified atom stereocenters. The summed E-state index contributed by atoms with van der Waals surface area (Å²) in [5.74, 6) is 0.977. The zero-order valence-corrected chi connectivity index (χ0v) is 8.24. The summed E-state index contributed by atoms with van der Waals surface area (Å²) in [5, 5.41) is 4.46. The van der Waals surface area contributed by atoms with Gasteiger partial charge < -0.3 is 0 Å². The number of aryl methyl sites for hydroxylation is 1. The molecule has 0 aliphatic heterocycles. The molecule has 1 aromatic rings. The molecule has 0 atom stereocenters. The highest BCUT2D eigenvalue weighted by molar-refractivity contribution is 4.83. The summed E-state index contributed by atoms with van der Waals surface area (Å²) in [6.07, 6.45) is 9.51. The van der Waals surface area contributed by atoms with Crippen molar-refractivity contribution in [2.45, 2.75) is 51.5 Å². The maximum Gasteiger partial charge on any atom is 0.150 e. The van der Waals surface area contributed by atoms with Crippen LogP contribution >= 0.6 is 0 Å². The molecule has 3 heteroatoms. The molecular weight excluding hydrogens is 162 g/mol. The van der Waals surface area contributed by atoms with E-state index in [-0.39, 0.29) is 0 Å². The van der Waals surface area contributed by atoms with Crippen LogP contribution in [0.3, 0.4) is 0 Å². The lowest BCUT2D eigenvalue weighted by Crippen LogP contribution is -2.13. The van der Waals surface area contributed by atoms with Crippen molar-refractivity contribution in [3.8, 4) is 0 Å². The Morgan fingerprint density at radius 2 is 2.15 bits per heavy atom. The van der Waals surface area contributed by atoms with Gasteiger partial charge in [-0.25, -0.2) is 9.67 Å². The van der Waals surface area contributed by atoms with Gasteiger partial charge >= 0.3 is 0 Å². The number of hydrogen-bond donors (Lipinski definition) is 0. The molecule has 3 nitrogen and oxygen atoms in total. The fourth-order valence-electron chi connectivity index (χ4n) is 1.99. The van der Waals surface area contributed by atoms with Crippen LogP contribution in [0.4, 0.5) is 0 Å². The average molecular weight is 179 g/mol. The van der Waals surface area contributed by atoms with Crippen molar-refractivity contribution < 1.29 is 0 Å². The van der Waals surface area contributed by atoms with E-state index in [1.165, 1.54) is 32.1 Å². The molecule has 1 aliphatic rings. The molecule has 0 bridgehead atoms. The van der Waals surface area contributed by atoms with E-state index in [2.05, 4.69) is 21.7 Å². The highest BCUT2D eigenvalue weighted by atomic mass is 15.3. The van der Waals surface area contributed by atoms with E-state index < -0.39 is 0 Å².